The molecule has 15 heavy (non-hydrogen) atoms. The number of rotatable bonds is 3. The van der Waals surface area contributed by atoms with E-state index in [9.17, 15) is 5.11 Å². The van der Waals surface area contributed by atoms with E-state index in [-0.39, 0.29) is 0 Å². The minimum atomic E-state index is 0.341. The molecule has 0 bridgehead atoms. The van der Waals surface area contributed by atoms with E-state index in [0.717, 1.165) is 17.8 Å². The smallest absolute Gasteiger partial charge is 0.120 e. The first-order chi connectivity index (χ1) is 7.31. The van der Waals surface area contributed by atoms with Crippen molar-refractivity contribution in [3.8, 4) is 5.75 Å². The fourth-order valence-electron chi connectivity index (χ4n) is 1.63. The summed E-state index contributed by atoms with van der Waals surface area (Å²) >= 11 is 0. The number of benzene rings is 1. The summed E-state index contributed by atoms with van der Waals surface area (Å²) in [5.41, 5.74) is 0.921. The topological polar surface area (TPSA) is 38.0 Å². The molecule has 1 aromatic carbocycles. The second kappa shape index (κ2) is 4.17. The van der Waals surface area contributed by atoms with Crippen molar-refractivity contribution in [1.82, 2.24) is 9.55 Å². The van der Waals surface area contributed by atoms with Gasteiger partial charge in [0.05, 0.1) is 6.54 Å². The molecule has 0 saturated heterocycles. The Morgan fingerprint density at radius 2 is 2.13 bits per heavy atom. The van der Waals surface area contributed by atoms with Gasteiger partial charge in [-0.05, 0) is 6.07 Å². The molecule has 0 aliphatic heterocycles. The highest BCUT2D eigenvalue weighted by molar-refractivity contribution is 5.32. The number of aromatic nitrogens is 2. The first kappa shape index (κ1) is 9.77. The minimum Gasteiger partial charge on any atom is -0.508 e. The average Bonchev–Trinajstić information content (AvgIpc) is 2.69. The van der Waals surface area contributed by atoms with Gasteiger partial charge in [-0.3, -0.25) is 0 Å². The normalized spacial score (nSPS) is 10.5. The zero-order valence-electron chi connectivity index (χ0n) is 8.72. The second-order valence-corrected chi connectivity index (χ2v) is 3.45. The van der Waals surface area contributed by atoms with E-state index >= 15 is 0 Å². The van der Waals surface area contributed by atoms with Crippen LogP contribution in [0.15, 0.2) is 36.7 Å². The van der Waals surface area contributed by atoms with E-state index in [1.807, 2.05) is 24.4 Å². The summed E-state index contributed by atoms with van der Waals surface area (Å²) in [4.78, 5) is 4.24. The van der Waals surface area contributed by atoms with Crippen LogP contribution in [0, 0.1) is 0 Å². The number of hydrogen-bond acceptors (Lipinski definition) is 2. The number of hydrogen-bond donors (Lipinski definition) is 1. The molecule has 0 amide bonds. The molecule has 0 saturated carbocycles. The van der Waals surface area contributed by atoms with Gasteiger partial charge < -0.3 is 9.67 Å². The van der Waals surface area contributed by atoms with Crippen LogP contribution in [0.4, 0.5) is 0 Å². The van der Waals surface area contributed by atoms with E-state index < -0.39 is 0 Å². The monoisotopic (exact) mass is 202 g/mol. The van der Waals surface area contributed by atoms with Crippen LogP contribution in [0.3, 0.4) is 0 Å². The Morgan fingerprint density at radius 1 is 1.33 bits per heavy atom. The number of para-hydroxylation sites is 1. The summed E-state index contributed by atoms with van der Waals surface area (Å²) in [7, 11) is 0. The predicted molar refractivity (Wildman–Crippen MR) is 58.8 cm³/mol. The van der Waals surface area contributed by atoms with Gasteiger partial charge in [-0.2, -0.15) is 0 Å². The molecular formula is C12H14N2O. The summed E-state index contributed by atoms with van der Waals surface area (Å²) in [5, 5.41) is 9.64. The Morgan fingerprint density at radius 3 is 2.87 bits per heavy atom. The molecule has 0 aliphatic carbocycles. The van der Waals surface area contributed by atoms with E-state index in [1.54, 1.807) is 12.3 Å². The Hall–Kier alpha value is -1.77. The number of nitrogens with zero attached hydrogens (tertiary/aromatic N) is 2. The van der Waals surface area contributed by atoms with Crippen molar-refractivity contribution in [3.63, 3.8) is 0 Å². The molecule has 0 unspecified atom stereocenters. The molecule has 78 valence electrons. The van der Waals surface area contributed by atoms with Crippen LogP contribution >= 0.6 is 0 Å². The maximum atomic E-state index is 9.64. The van der Waals surface area contributed by atoms with E-state index in [1.165, 1.54) is 0 Å². The molecule has 1 N–H and O–H groups in total. The largest absolute Gasteiger partial charge is 0.508 e. The van der Waals surface area contributed by atoms with Crippen molar-refractivity contribution in [2.45, 2.75) is 19.9 Å². The maximum absolute atomic E-state index is 9.64. The zero-order chi connectivity index (χ0) is 10.7. The molecule has 1 heterocycles. The number of phenolic OH excluding ortho intramolecular Hbond substituents is 1. The Kier molecular flexibility index (Phi) is 2.72. The number of imidazole rings is 1. The molecular weight excluding hydrogens is 188 g/mol. The van der Waals surface area contributed by atoms with Gasteiger partial charge >= 0.3 is 0 Å². The van der Waals surface area contributed by atoms with E-state index in [2.05, 4.69) is 16.5 Å². The van der Waals surface area contributed by atoms with Gasteiger partial charge in [-0.25, -0.2) is 4.98 Å². The van der Waals surface area contributed by atoms with Crippen molar-refractivity contribution in [3.05, 3.63) is 48.0 Å². The lowest BCUT2D eigenvalue weighted by Crippen LogP contribution is -2.03. The highest BCUT2D eigenvalue weighted by Crippen LogP contribution is 2.17. The lowest BCUT2D eigenvalue weighted by atomic mass is 10.2. The summed E-state index contributed by atoms with van der Waals surface area (Å²) in [6, 6.07) is 7.39. The third-order valence-corrected chi connectivity index (χ3v) is 2.45. The molecule has 2 aromatic rings. The third kappa shape index (κ3) is 2.01. The lowest BCUT2D eigenvalue weighted by molar-refractivity contribution is 0.465. The molecule has 2 rings (SSSR count). The number of aryl methyl sites for hydroxylation is 1. The third-order valence-electron chi connectivity index (χ3n) is 2.45. The Labute approximate surface area is 89.0 Å². The fourth-order valence-corrected chi connectivity index (χ4v) is 1.63. The van der Waals surface area contributed by atoms with Crippen LogP contribution in [-0.4, -0.2) is 14.7 Å². The standard InChI is InChI=1S/C12H14N2O/c1-2-12-13-7-8-14(12)9-10-5-3-4-6-11(10)15/h3-8,15H,2,9H2,1H3. The van der Waals surface area contributed by atoms with Crippen LogP contribution in [0.2, 0.25) is 0 Å². The summed E-state index contributed by atoms with van der Waals surface area (Å²) in [6.45, 7) is 2.75. The number of aromatic hydroxyl groups is 1. The van der Waals surface area contributed by atoms with Gasteiger partial charge in [0.25, 0.3) is 0 Å². The highest BCUT2D eigenvalue weighted by Gasteiger charge is 2.03. The summed E-state index contributed by atoms with van der Waals surface area (Å²) in [6.07, 6.45) is 4.63. The van der Waals surface area contributed by atoms with Crippen molar-refractivity contribution in [2.75, 3.05) is 0 Å². The molecule has 0 spiro atoms. The van der Waals surface area contributed by atoms with Crippen LogP contribution in [0.1, 0.15) is 18.3 Å². The van der Waals surface area contributed by atoms with Crippen LogP contribution in [0.5, 0.6) is 5.75 Å². The SMILES string of the molecule is CCc1nccn1Cc1ccccc1O. The fraction of sp³-hybridized carbons (Fsp3) is 0.250. The Balaban J connectivity index is 2.26. The molecule has 0 aliphatic rings. The molecule has 3 heteroatoms. The van der Waals surface area contributed by atoms with Crippen molar-refractivity contribution < 1.29 is 5.11 Å². The van der Waals surface area contributed by atoms with Gasteiger partial charge in [-0.1, -0.05) is 25.1 Å². The Bertz CT molecular complexity index is 448. The maximum Gasteiger partial charge on any atom is 0.120 e. The second-order valence-electron chi connectivity index (χ2n) is 3.45. The molecule has 0 atom stereocenters. The first-order valence-electron chi connectivity index (χ1n) is 5.08. The van der Waals surface area contributed by atoms with Gasteiger partial charge in [0, 0.05) is 24.4 Å². The van der Waals surface area contributed by atoms with Crippen LogP contribution in [0.25, 0.3) is 0 Å². The van der Waals surface area contributed by atoms with Crippen molar-refractivity contribution in [2.24, 2.45) is 0 Å². The van der Waals surface area contributed by atoms with Crippen LogP contribution in [-0.2, 0) is 13.0 Å². The van der Waals surface area contributed by atoms with E-state index in [4.69, 9.17) is 0 Å². The minimum absolute atomic E-state index is 0.341. The van der Waals surface area contributed by atoms with Gasteiger partial charge in [0.15, 0.2) is 0 Å². The number of phenols is 1. The van der Waals surface area contributed by atoms with Crippen LogP contribution < -0.4 is 0 Å². The quantitative estimate of drug-likeness (QED) is 0.828. The van der Waals surface area contributed by atoms with Crippen molar-refractivity contribution in [1.29, 1.82) is 0 Å². The summed E-state index contributed by atoms with van der Waals surface area (Å²) in [5.74, 6) is 1.38. The van der Waals surface area contributed by atoms with Gasteiger partial charge in [0.2, 0.25) is 0 Å². The van der Waals surface area contributed by atoms with E-state index in [0.29, 0.717) is 12.3 Å². The highest BCUT2D eigenvalue weighted by atomic mass is 16.3. The molecule has 0 radical (unpaired) electrons. The zero-order valence-corrected chi connectivity index (χ0v) is 8.72. The average molecular weight is 202 g/mol. The molecule has 3 nitrogen and oxygen atoms in total. The molecule has 0 fully saturated rings. The molecule has 1 aromatic heterocycles. The first-order valence-corrected chi connectivity index (χ1v) is 5.08. The summed E-state index contributed by atoms with van der Waals surface area (Å²) < 4.78 is 2.05. The lowest BCUT2D eigenvalue weighted by Gasteiger charge is -2.07. The van der Waals surface area contributed by atoms with Gasteiger partial charge in [0.1, 0.15) is 11.6 Å². The van der Waals surface area contributed by atoms with Gasteiger partial charge in [-0.15, -0.1) is 0 Å². The van der Waals surface area contributed by atoms with Crippen molar-refractivity contribution >= 4 is 0 Å². The predicted octanol–water partition coefficient (Wildman–Crippen LogP) is 2.20.